The molecule has 0 bridgehead atoms. The number of carbonyl (C=O) groups excluding carboxylic acids is 1. The number of pyridine rings is 1. The van der Waals surface area contributed by atoms with E-state index >= 15 is 0 Å². The summed E-state index contributed by atoms with van der Waals surface area (Å²) >= 11 is 0. The Balaban J connectivity index is 1.72. The second-order valence-electron chi connectivity index (χ2n) is 5.01. The minimum absolute atomic E-state index is 0.121. The number of rotatable bonds is 4. The molecule has 2 N–H and O–H groups in total. The topological polar surface area (TPSA) is 70.7 Å². The van der Waals surface area contributed by atoms with Gasteiger partial charge in [0.1, 0.15) is 5.69 Å². The molecule has 0 unspecified atom stereocenters. The average Bonchev–Trinajstić information content (AvgIpc) is 3.06. The van der Waals surface area contributed by atoms with Crippen LogP contribution in [0.4, 0.5) is 0 Å². The predicted octanol–water partition coefficient (Wildman–Crippen LogP) is 2.96. The maximum Gasteiger partial charge on any atom is 0.269 e. The second kappa shape index (κ2) is 6.22. The molecule has 1 atom stereocenters. The lowest BCUT2D eigenvalue weighted by Gasteiger charge is -2.12. The van der Waals surface area contributed by atoms with Gasteiger partial charge in [-0.05, 0) is 24.6 Å². The molecule has 5 heteroatoms. The van der Waals surface area contributed by atoms with Gasteiger partial charge in [0.2, 0.25) is 0 Å². The van der Waals surface area contributed by atoms with Crippen LogP contribution in [0.25, 0.3) is 11.3 Å². The highest BCUT2D eigenvalue weighted by molar-refractivity contribution is 5.93. The van der Waals surface area contributed by atoms with Crippen molar-refractivity contribution in [2.24, 2.45) is 0 Å². The minimum atomic E-state index is -0.189. The lowest BCUT2D eigenvalue weighted by Crippen LogP contribution is -2.27. The second-order valence-corrected chi connectivity index (χ2v) is 5.01. The van der Waals surface area contributed by atoms with Crippen molar-refractivity contribution in [3.05, 3.63) is 72.2 Å². The highest BCUT2D eigenvalue weighted by Crippen LogP contribution is 2.17. The lowest BCUT2D eigenvalue weighted by atomic mass is 10.1. The fourth-order valence-electron chi connectivity index (χ4n) is 2.18. The van der Waals surface area contributed by atoms with Crippen molar-refractivity contribution in [3.8, 4) is 11.3 Å². The Morgan fingerprint density at radius 2 is 2.00 bits per heavy atom. The molecule has 0 saturated heterocycles. The van der Waals surface area contributed by atoms with Gasteiger partial charge in [0, 0.05) is 18.0 Å². The molecule has 1 aromatic carbocycles. The molecule has 0 aliphatic carbocycles. The molecule has 5 nitrogen and oxygen atoms in total. The van der Waals surface area contributed by atoms with Crippen LogP contribution in [0, 0.1) is 0 Å². The van der Waals surface area contributed by atoms with Gasteiger partial charge in [0.25, 0.3) is 5.91 Å². The van der Waals surface area contributed by atoms with Crippen LogP contribution in [0.5, 0.6) is 0 Å². The molecule has 22 heavy (non-hydrogen) atoms. The Labute approximate surface area is 128 Å². The number of carbonyl (C=O) groups is 1. The molecule has 3 rings (SSSR count). The third kappa shape index (κ3) is 3.03. The Morgan fingerprint density at radius 1 is 1.18 bits per heavy atom. The van der Waals surface area contributed by atoms with Crippen molar-refractivity contribution in [2.75, 3.05) is 0 Å². The van der Waals surface area contributed by atoms with E-state index in [1.165, 1.54) is 0 Å². The summed E-state index contributed by atoms with van der Waals surface area (Å²) in [6.07, 6.45) is 3.45. The highest BCUT2D eigenvalue weighted by Gasteiger charge is 2.14. The summed E-state index contributed by atoms with van der Waals surface area (Å²) < 4.78 is 0. The van der Waals surface area contributed by atoms with Gasteiger partial charge in [-0.25, -0.2) is 0 Å². The first-order valence-corrected chi connectivity index (χ1v) is 7.05. The lowest BCUT2D eigenvalue weighted by molar-refractivity contribution is 0.0935. The third-order valence-electron chi connectivity index (χ3n) is 3.42. The van der Waals surface area contributed by atoms with E-state index in [1.807, 2.05) is 49.4 Å². The maximum atomic E-state index is 12.3. The van der Waals surface area contributed by atoms with E-state index in [0.29, 0.717) is 5.69 Å². The standard InChI is InChI=1S/C17H16N4O/c1-12(14-8-5-9-18-11-14)19-17(22)16-10-15(20-21-16)13-6-3-2-4-7-13/h2-12H,1H3,(H,19,22)(H,20,21)/t12-/m0/s1. The van der Waals surface area contributed by atoms with Gasteiger partial charge in [0.05, 0.1) is 11.7 Å². The SMILES string of the molecule is C[C@H](NC(=O)c1cc(-c2ccccc2)n[nH]1)c1cccnc1. The smallest absolute Gasteiger partial charge is 0.269 e. The quantitative estimate of drug-likeness (QED) is 0.776. The molecule has 0 fully saturated rings. The summed E-state index contributed by atoms with van der Waals surface area (Å²) in [7, 11) is 0. The fraction of sp³-hybridized carbons (Fsp3) is 0.118. The van der Waals surface area contributed by atoms with Crippen LogP contribution < -0.4 is 5.32 Å². The van der Waals surface area contributed by atoms with Gasteiger partial charge in [-0.3, -0.25) is 14.9 Å². The van der Waals surface area contributed by atoms with Gasteiger partial charge in [-0.15, -0.1) is 0 Å². The van der Waals surface area contributed by atoms with Gasteiger partial charge >= 0.3 is 0 Å². The summed E-state index contributed by atoms with van der Waals surface area (Å²) in [5.41, 5.74) is 3.12. The van der Waals surface area contributed by atoms with E-state index in [-0.39, 0.29) is 11.9 Å². The van der Waals surface area contributed by atoms with Gasteiger partial charge in [-0.1, -0.05) is 36.4 Å². The van der Waals surface area contributed by atoms with Crippen molar-refractivity contribution in [1.82, 2.24) is 20.5 Å². The largest absolute Gasteiger partial charge is 0.344 e. The Kier molecular flexibility index (Phi) is 3.96. The van der Waals surface area contributed by atoms with Crippen molar-refractivity contribution < 1.29 is 4.79 Å². The molecule has 110 valence electrons. The van der Waals surface area contributed by atoms with Crippen molar-refractivity contribution in [1.29, 1.82) is 0 Å². The number of aromatic amines is 1. The van der Waals surface area contributed by atoms with Crippen molar-refractivity contribution in [2.45, 2.75) is 13.0 Å². The molecule has 2 aromatic heterocycles. The molecule has 0 saturated carbocycles. The van der Waals surface area contributed by atoms with Crippen LogP contribution in [0.3, 0.4) is 0 Å². The van der Waals surface area contributed by atoms with Crippen LogP contribution in [0.1, 0.15) is 29.0 Å². The number of nitrogens with zero attached hydrogens (tertiary/aromatic N) is 2. The summed E-state index contributed by atoms with van der Waals surface area (Å²) in [5, 5.41) is 9.90. The van der Waals surface area contributed by atoms with Gasteiger partial charge in [0.15, 0.2) is 0 Å². The van der Waals surface area contributed by atoms with E-state index in [4.69, 9.17) is 0 Å². The van der Waals surface area contributed by atoms with Crippen LogP contribution in [-0.2, 0) is 0 Å². The van der Waals surface area contributed by atoms with Crippen LogP contribution in [0.2, 0.25) is 0 Å². The summed E-state index contributed by atoms with van der Waals surface area (Å²) in [6, 6.07) is 15.1. The number of H-pyrrole nitrogens is 1. The summed E-state index contributed by atoms with van der Waals surface area (Å²) in [6.45, 7) is 1.92. The molecule has 0 aliphatic heterocycles. The van der Waals surface area contributed by atoms with Crippen LogP contribution in [0.15, 0.2) is 60.9 Å². The first-order valence-electron chi connectivity index (χ1n) is 7.05. The van der Waals surface area contributed by atoms with Crippen LogP contribution in [-0.4, -0.2) is 21.1 Å². The van der Waals surface area contributed by atoms with E-state index < -0.39 is 0 Å². The predicted molar refractivity (Wildman–Crippen MR) is 84.1 cm³/mol. The van der Waals surface area contributed by atoms with Gasteiger partial charge < -0.3 is 5.32 Å². The first kappa shape index (κ1) is 14.0. The molecule has 3 aromatic rings. The number of benzene rings is 1. The zero-order valence-corrected chi connectivity index (χ0v) is 12.2. The monoisotopic (exact) mass is 292 g/mol. The van der Waals surface area contributed by atoms with E-state index in [1.54, 1.807) is 18.5 Å². The van der Waals surface area contributed by atoms with Crippen molar-refractivity contribution in [3.63, 3.8) is 0 Å². The number of aromatic nitrogens is 3. The number of nitrogens with one attached hydrogen (secondary N) is 2. The number of hydrogen-bond donors (Lipinski definition) is 2. The molecule has 2 heterocycles. The fourth-order valence-corrected chi connectivity index (χ4v) is 2.18. The molecule has 0 radical (unpaired) electrons. The minimum Gasteiger partial charge on any atom is -0.344 e. The molecule has 1 amide bonds. The summed E-state index contributed by atoms with van der Waals surface area (Å²) in [5.74, 6) is -0.189. The van der Waals surface area contributed by atoms with Crippen molar-refractivity contribution >= 4 is 5.91 Å². The molecule has 0 aliphatic rings. The third-order valence-corrected chi connectivity index (χ3v) is 3.42. The molecule has 0 spiro atoms. The molecular weight excluding hydrogens is 276 g/mol. The maximum absolute atomic E-state index is 12.3. The zero-order valence-electron chi connectivity index (χ0n) is 12.2. The van der Waals surface area contributed by atoms with Crippen LogP contribution >= 0.6 is 0 Å². The number of hydrogen-bond acceptors (Lipinski definition) is 3. The zero-order chi connectivity index (χ0) is 15.4. The Hall–Kier alpha value is -2.95. The van der Waals surface area contributed by atoms with E-state index in [9.17, 15) is 4.79 Å². The average molecular weight is 292 g/mol. The summed E-state index contributed by atoms with van der Waals surface area (Å²) in [4.78, 5) is 16.3. The Morgan fingerprint density at radius 3 is 2.73 bits per heavy atom. The molecular formula is C17H16N4O. The number of amides is 1. The normalized spacial score (nSPS) is 11.9. The van der Waals surface area contributed by atoms with Gasteiger partial charge in [-0.2, -0.15) is 5.10 Å². The van der Waals surface area contributed by atoms with E-state index in [0.717, 1.165) is 16.8 Å². The van der Waals surface area contributed by atoms with E-state index in [2.05, 4.69) is 20.5 Å². The highest BCUT2D eigenvalue weighted by atomic mass is 16.2. The first-order chi connectivity index (χ1) is 10.7. The Bertz CT molecular complexity index is 753.